The summed E-state index contributed by atoms with van der Waals surface area (Å²) in [6.07, 6.45) is 6.64. The first-order chi connectivity index (χ1) is 7.33. The molecule has 15 heavy (non-hydrogen) atoms. The third-order valence-corrected chi connectivity index (χ3v) is 3.64. The van der Waals surface area contributed by atoms with Crippen molar-refractivity contribution in [1.82, 2.24) is 4.98 Å². The van der Waals surface area contributed by atoms with E-state index in [1.54, 1.807) is 6.20 Å². The Morgan fingerprint density at radius 3 is 2.93 bits per heavy atom. The van der Waals surface area contributed by atoms with Gasteiger partial charge in [-0.1, -0.05) is 0 Å². The van der Waals surface area contributed by atoms with Gasteiger partial charge in [-0.15, -0.1) is 0 Å². The van der Waals surface area contributed by atoms with Gasteiger partial charge in [-0.05, 0) is 36.8 Å². The molecule has 0 bridgehead atoms. The second kappa shape index (κ2) is 3.05. The molecule has 1 aliphatic heterocycles. The molecule has 2 fully saturated rings. The number of aromatic nitrogens is 1. The predicted molar refractivity (Wildman–Crippen MR) is 58.1 cm³/mol. The van der Waals surface area contributed by atoms with E-state index in [2.05, 4.69) is 9.88 Å². The van der Waals surface area contributed by atoms with Crippen LogP contribution < -0.4 is 4.90 Å². The number of hydrogen-bond acceptors (Lipinski definition) is 3. The molecule has 1 aromatic rings. The molecule has 78 valence electrons. The van der Waals surface area contributed by atoms with E-state index in [0.717, 1.165) is 30.8 Å². The number of carbonyl (C=O) groups excluding carboxylic acids is 1. The second-order valence-corrected chi connectivity index (χ2v) is 4.71. The number of carbonyl (C=O) groups is 1. The van der Waals surface area contributed by atoms with Crippen LogP contribution in [0.3, 0.4) is 0 Å². The Hall–Kier alpha value is -1.38. The number of anilines is 1. The third-order valence-electron chi connectivity index (χ3n) is 3.64. The lowest BCUT2D eigenvalue weighted by Crippen LogP contribution is -2.22. The fourth-order valence-corrected chi connectivity index (χ4v) is 2.47. The number of hydrogen-bond donors (Lipinski definition) is 0. The van der Waals surface area contributed by atoms with Gasteiger partial charge < -0.3 is 4.90 Å². The van der Waals surface area contributed by atoms with E-state index in [9.17, 15) is 4.79 Å². The minimum atomic E-state index is 0.581. The Bertz CT molecular complexity index is 398. The van der Waals surface area contributed by atoms with E-state index in [4.69, 9.17) is 0 Å². The number of nitrogens with zero attached hydrogens (tertiary/aromatic N) is 2. The molecule has 0 unspecified atom stereocenters. The Morgan fingerprint density at radius 2 is 2.27 bits per heavy atom. The van der Waals surface area contributed by atoms with Gasteiger partial charge in [-0.2, -0.15) is 0 Å². The van der Waals surface area contributed by atoms with Gasteiger partial charge in [0.1, 0.15) is 5.82 Å². The van der Waals surface area contributed by atoms with Crippen molar-refractivity contribution in [3.63, 3.8) is 0 Å². The summed E-state index contributed by atoms with van der Waals surface area (Å²) in [6.45, 7) is 2.14. The topological polar surface area (TPSA) is 33.2 Å². The van der Waals surface area contributed by atoms with Crippen LogP contribution in [0.1, 0.15) is 29.6 Å². The van der Waals surface area contributed by atoms with Crippen LogP contribution in [0.4, 0.5) is 5.82 Å². The zero-order valence-electron chi connectivity index (χ0n) is 8.65. The van der Waals surface area contributed by atoms with Crippen LogP contribution in [0.15, 0.2) is 18.3 Å². The van der Waals surface area contributed by atoms with Crippen molar-refractivity contribution < 1.29 is 4.79 Å². The van der Waals surface area contributed by atoms with Gasteiger partial charge in [0.2, 0.25) is 0 Å². The Kier molecular flexibility index (Phi) is 1.81. The molecular weight excluding hydrogens is 188 g/mol. The molecule has 3 rings (SSSR count). The van der Waals surface area contributed by atoms with Gasteiger partial charge in [0, 0.05) is 19.3 Å². The van der Waals surface area contributed by atoms with Gasteiger partial charge in [0.05, 0.1) is 5.56 Å². The van der Waals surface area contributed by atoms with Crippen LogP contribution in [0.2, 0.25) is 0 Å². The maximum absolute atomic E-state index is 10.9. The molecule has 2 heterocycles. The Morgan fingerprint density at radius 1 is 1.40 bits per heavy atom. The maximum Gasteiger partial charge on any atom is 0.153 e. The molecule has 1 aliphatic carbocycles. The lowest BCUT2D eigenvalue weighted by atomic mass is 10.1. The second-order valence-electron chi connectivity index (χ2n) is 4.71. The Labute approximate surface area is 89.1 Å². The number of pyridine rings is 1. The third kappa shape index (κ3) is 1.42. The predicted octanol–water partition coefficient (Wildman–Crippen LogP) is 1.88. The smallest absolute Gasteiger partial charge is 0.153 e. The average Bonchev–Trinajstić information content (AvgIpc) is 2.89. The summed E-state index contributed by atoms with van der Waals surface area (Å²) in [5.41, 5.74) is 1.30. The summed E-state index contributed by atoms with van der Waals surface area (Å²) in [5.74, 6) is 0.872. The zero-order chi connectivity index (χ0) is 10.3. The molecule has 1 saturated carbocycles. The molecule has 0 aromatic carbocycles. The van der Waals surface area contributed by atoms with E-state index in [0.29, 0.717) is 5.41 Å². The van der Waals surface area contributed by atoms with Crippen LogP contribution in [-0.2, 0) is 0 Å². The van der Waals surface area contributed by atoms with Gasteiger partial charge in [-0.25, -0.2) is 4.98 Å². The zero-order valence-corrected chi connectivity index (χ0v) is 8.65. The normalized spacial score (nSPS) is 22.0. The molecule has 3 nitrogen and oxygen atoms in total. The standard InChI is InChI=1S/C12H14N2O/c15-8-10-2-1-6-13-11(10)14-7-5-12(9-14)3-4-12/h1-2,6,8H,3-5,7,9H2. The highest BCUT2D eigenvalue weighted by Crippen LogP contribution is 2.53. The van der Waals surface area contributed by atoms with Crippen molar-refractivity contribution in [1.29, 1.82) is 0 Å². The van der Waals surface area contributed by atoms with Crippen molar-refractivity contribution in [2.45, 2.75) is 19.3 Å². The van der Waals surface area contributed by atoms with Crippen LogP contribution >= 0.6 is 0 Å². The van der Waals surface area contributed by atoms with E-state index in [1.807, 2.05) is 12.1 Å². The highest BCUT2D eigenvalue weighted by atomic mass is 16.1. The summed E-state index contributed by atoms with van der Waals surface area (Å²) in [6, 6.07) is 3.66. The van der Waals surface area contributed by atoms with E-state index < -0.39 is 0 Å². The first-order valence-electron chi connectivity index (χ1n) is 5.48. The highest BCUT2D eigenvalue weighted by Gasteiger charge is 2.48. The van der Waals surface area contributed by atoms with Crippen molar-refractivity contribution in [2.24, 2.45) is 5.41 Å². The molecular formula is C12H14N2O. The van der Waals surface area contributed by atoms with Crippen molar-refractivity contribution >= 4 is 12.1 Å². The summed E-state index contributed by atoms with van der Waals surface area (Å²) in [4.78, 5) is 17.5. The van der Waals surface area contributed by atoms with Gasteiger partial charge in [0.25, 0.3) is 0 Å². The van der Waals surface area contributed by atoms with Gasteiger partial charge >= 0.3 is 0 Å². The molecule has 1 spiro atoms. The molecule has 0 amide bonds. The van der Waals surface area contributed by atoms with Crippen LogP contribution in [0.25, 0.3) is 0 Å². The molecule has 0 radical (unpaired) electrons. The SMILES string of the molecule is O=Cc1cccnc1N1CCC2(CC2)C1. The van der Waals surface area contributed by atoms with E-state index >= 15 is 0 Å². The minimum Gasteiger partial charge on any atom is -0.355 e. The quantitative estimate of drug-likeness (QED) is 0.686. The van der Waals surface area contributed by atoms with E-state index in [1.165, 1.54) is 19.3 Å². The molecule has 0 atom stereocenters. The largest absolute Gasteiger partial charge is 0.355 e. The summed E-state index contributed by atoms with van der Waals surface area (Å²) in [5, 5.41) is 0. The van der Waals surface area contributed by atoms with Crippen molar-refractivity contribution in [3.05, 3.63) is 23.9 Å². The molecule has 3 heteroatoms. The van der Waals surface area contributed by atoms with Crippen LogP contribution in [0.5, 0.6) is 0 Å². The molecule has 1 saturated heterocycles. The van der Waals surface area contributed by atoms with Gasteiger partial charge in [0.15, 0.2) is 6.29 Å². The average molecular weight is 202 g/mol. The summed E-state index contributed by atoms with van der Waals surface area (Å²) >= 11 is 0. The fraction of sp³-hybridized carbons (Fsp3) is 0.500. The molecule has 2 aliphatic rings. The van der Waals surface area contributed by atoms with Crippen LogP contribution in [0, 0.1) is 5.41 Å². The first-order valence-corrected chi connectivity index (χ1v) is 5.48. The number of rotatable bonds is 2. The van der Waals surface area contributed by atoms with Gasteiger partial charge in [-0.3, -0.25) is 4.79 Å². The first kappa shape index (κ1) is 8.89. The summed E-state index contributed by atoms with van der Waals surface area (Å²) < 4.78 is 0. The minimum absolute atomic E-state index is 0.581. The van der Waals surface area contributed by atoms with E-state index in [-0.39, 0.29) is 0 Å². The summed E-state index contributed by atoms with van der Waals surface area (Å²) in [7, 11) is 0. The van der Waals surface area contributed by atoms with Crippen LogP contribution in [-0.4, -0.2) is 24.4 Å². The Balaban J connectivity index is 1.89. The lowest BCUT2D eigenvalue weighted by molar-refractivity contribution is 0.112. The highest BCUT2D eigenvalue weighted by molar-refractivity contribution is 5.82. The number of aldehydes is 1. The maximum atomic E-state index is 10.9. The molecule has 0 N–H and O–H groups in total. The monoisotopic (exact) mass is 202 g/mol. The lowest BCUT2D eigenvalue weighted by Gasteiger charge is -2.18. The van der Waals surface area contributed by atoms with Crippen molar-refractivity contribution in [3.8, 4) is 0 Å². The van der Waals surface area contributed by atoms with Crippen molar-refractivity contribution in [2.75, 3.05) is 18.0 Å². The molecule has 1 aromatic heterocycles. The fourth-order valence-electron chi connectivity index (χ4n) is 2.47.